The maximum Gasteiger partial charge on any atom is 0.254 e. The van der Waals surface area contributed by atoms with Crippen molar-refractivity contribution in [3.63, 3.8) is 0 Å². The Bertz CT molecular complexity index is 862. The number of anilines is 3. The van der Waals surface area contributed by atoms with E-state index in [2.05, 4.69) is 30.7 Å². The van der Waals surface area contributed by atoms with Gasteiger partial charge in [0.05, 0.1) is 17.4 Å². The van der Waals surface area contributed by atoms with Gasteiger partial charge in [0.1, 0.15) is 5.82 Å². The van der Waals surface area contributed by atoms with Gasteiger partial charge in [-0.25, -0.2) is 4.98 Å². The van der Waals surface area contributed by atoms with Gasteiger partial charge in [-0.15, -0.1) is 0 Å². The van der Waals surface area contributed by atoms with Gasteiger partial charge in [-0.05, 0) is 12.1 Å². The largest absolute Gasteiger partial charge is 0.369 e. The molecule has 9 nitrogen and oxygen atoms in total. The molecule has 3 aromatic heterocycles. The molecule has 0 fully saturated rings. The van der Waals surface area contributed by atoms with Crippen LogP contribution in [0.3, 0.4) is 0 Å². The second-order valence-corrected chi connectivity index (χ2v) is 5.35. The van der Waals surface area contributed by atoms with Gasteiger partial charge in [0.25, 0.3) is 5.91 Å². The van der Waals surface area contributed by atoms with Crippen molar-refractivity contribution < 1.29 is 4.79 Å². The molecule has 3 aromatic rings. The van der Waals surface area contributed by atoms with Crippen molar-refractivity contribution in [2.75, 3.05) is 17.2 Å². The molecule has 0 spiro atoms. The van der Waals surface area contributed by atoms with E-state index in [1.54, 1.807) is 23.3 Å². The lowest BCUT2D eigenvalue weighted by Crippen LogP contribution is -2.18. The standard InChI is InChI=1S/C16H18N8O/c1-24-10-12(8-21-24)22-16-20-9-13(14(17)25)15(23-16)19-7-5-11-4-2-3-6-18-11/h2-4,6,8-10H,5,7H2,1H3,(H2,17,25)(H2,19,20,22,23). The topological polar surface area (TPSA) is 124 Å². The number of nitrogens with zero attached hydrogens (tertiary/aromatic N) is 5. The van der Waals surface area contributed by atoms with Gasteiger partial charge in [-0.2, -0.15) is 10.1 Å². The number of primary amides is 1. The molecule has 0 saturated carbocycles. The SMILES string of the molecule is Cn1cc(Nc2ncc(C(N)=O)c(NCCc3ccccn3)n2)cn1. The molecule has 0 radical (unpaired) electrons. The highest BCUT2D eigenvalue weighted by atomic mass is 16.1. The Morgan fingerprint density at radius 3 is 2.84 bits per heavy atom. The molecule has 9 heteroatoms. The third-order valence-electron chi connectivity index (χ3n) is 3.41. The zero-order chi connectivity index (χ0) is 17.6. The molecule has 0 aliphatic heterocycles. The van der Waals surface area contributed by atoms with Crippen LogP contribution in [-0.2, 0) is 13.5 Å². The fourth-order valence-corrected chi connectivity index (χ4v) is 2.23. The lowest BCUT2D eigenvalue weighted by atomic mass is 10.2. The number of aromatic nitrogens is 5. The van der Waals surface area contributed by atoms with E-state index in [-0.39, 0.29) is 5.56 Å². The van der Waals surface area contributed by atoms with Crippen LogP contribution in [0.4, 0.5) is 17.5 Å². The molecular weight excluding hydrogens is 320 g/mol. The molecule has 0 bridgehead atoms. The van der Waals surface area contributed by atoms with E-state index in [1.165, 1.54) is 6.20 Å². The predicted octanol–water partition coefficient (Wildman–Crippen LogP) is 1.10. The lowest BCUT2D eigenvalue weighted by molar-refractivity contribution is 0.100. The van der Waals surface area contributed by atoms with Gasteiger partial charge >= 0.3 is 0 Å². The van der Waals surface area contributed by atoms with Crippen LogP contribution in [0.15, 0.2) is 43.0 Å². The van der Waals surface area contributed by atoms with Crippen LogP contribution in [0, 0.1) is 0 Å². The monoisotopic (exact) mass is 338 g/mol. The Morgan fingerprint density at radius 1 is 1.28 bits per heavy atom. The van der Waals surface area contributed by atoms with Gasteiger partial charge in [0.2, 0.25) is 5.95 Å². The molecule has 0 aliphatic rings. The van der Waals surface area contributed by atoms with Crippen LogP contribution in [-0.4, -0.2) is 37.2 Å². The van der Waals surface area contributed by atoms with Crippen molar-refractivity contribution in [1.82, 2.24) is 24.7 Å². The van der Waals surface area contributed by atoms with E-state index >= 15 is 0 Å². The number of amides is 1. The van der Waals surface area contributed by atoms with Crippen molar-refractivity contribution >= 4 is 23.4 Å². The van der Waals surface area contributed by atoms with Crippen molar-refractivity contribution in [2.45, 2.75) is 6.42 Å². The Labute approximate surface area is 144 Å². The average molecular weight is 338 g/mol. The van der Waals surface area contributed by atoms with Crippen LogP contribution in [0.5, 0.6) is 0 Å². The molecule has 3 rings (SSSR count). The van der Waals surface area contributed by atoms with Gasteiger partial charge in [0, 0.05) is 44.3 Å². The molecule has 0 aromatic carbocycles. The number of hydrogen-bond acceptors (Lipinski definition) is 7. The fraction of sp³-hybridized carbons (Fsp3) is 0.188. The minimum absolute atomic E-state index is 0.234. The minimum Gasteiger partial charge on any atom is -0.369 e. The number of hydrogen-bond donors (Lipinski definition) is 3. The second-order valence-electron chi connectivity index (χ2n) is 5.35. The van der Waals surface area contributed by atoms with E-state index in [0.29, 0.717) is 24.7 Å². The predicted molar refractivity (Wildman–Crippen MR) is 93.5 cm³/mol. The first-order valence-corrected chi connectivity index (χ1v) is 7.68. The first kappa shape index (κ1) is 16.4. The summed E-state index contributed by atoms with van der Waals surface area (Å²) in [5, 5.41) is 10.2. The highest BCUT2D eigenvalue weighted by Crippen LogP contribution is 2.17. The van der Waals surface area contributed by atoms with Crippen LogP contribution in [0.25, 0.3) is 0 Å². The van der Waals surface area contributed by atoms with Crippen LogP contribution >= 0.6 is 0 Å². The number of nitrogens with one attached hydrogen (secondary N) is 2. The van der Waals surface area contributed by atoms with Crippen molar-refractivity contribution in [2.24, 2.45) is 12.8 Å². The number of nitrogens with two attached hydrogens (primary N) is 1. The summed E-state index contributed by atoms with van der Waals surface area (Å²) >= 11 is 0. The van der Waals surface area contributed by atoms with E-state index in [0.717, 1.165) is 11.4 Å². The molecule has 0 saturated heterocycles. The molecule has 0 atom stereocenters. The number of aryl methyl sites for hydroxylation is 1. The molecule has 4 N–H and O–H groups in total. The number of rotatable bonds is 7. The molecular formula is C16H18N8O. The summed E-state index contributed by atoms with van der Waals surface area (Å²) in [4.78, 5) is 24.3. The Balaban J connectivity index is 1.73. The Hall–Kier alpha value is -3.49. The lowest BCUT2D eigenvalue weighted by Gasteiger charge is -2.10. The first-order chi connectivity index (χ1) is 12.1. The van der Waals surface area contributed by atoms with E-state index < -0.39 is 5.91 Å². The third kappa shape index (κ3) is 4.28. The maximum absolute atomic E-state index is 11.6. The molecule has 25 heavy (non-hydrogen) atoms. The summed E-state index contributed by atoms with van der Waals surface area (Å²) in [6, 6.07) is 5.73. The zero-order valence-electron chi connectivity index (χ0n) is 13.7. The van der Waals surface area contributed by atoms with Gasteiger partial charge in [-0.3, -0.25) is 14.5 Å². The summed E-state index contributed by atoms with van der Waals surface area (Å²) in [5.74, 6) is 0.136. The molecule has 128 valence electrons. The van der Waals surface area contributed by atoms with Crippen LogP contribution < -0.4 is 16.4 Å². The fourth-order valence-electron chi connectivity index (χ4n) is 2.23. The van der Waals surface area contributed by atoms with Gasteiger partial charge in [0.15, 0.2) is 0 Å². The molecule has 0 unspecified atom stereocenters. The normalized spacial score (nSPS) is 10.4. The van der Waals surface area contributed by atoms with E-state index in [1.807, 2.05) is 25.2 Å². The van der Waals surface area contributed by atoms with Gasteiger partial charge in [-0.1, -0.05) is 6.07 Å². The quantitative estimate of drug-likeness (QED) is 0.589. The van der Waals surface area contributed by atoms with E-state index in [9.17, 15) is 4.79 Å². The first-order valence-electron chi connectivity index (χ1n) is 7.68. The van der Waals surface area contributed by atoms with E-state index in [4.69, 9.17) is 5.73 Å². The van der Waals surface area contributed by atoms with Crippen molar-refractivity contribution in [3.8, 4) is 0 Å². The third-order valence-corrected chi connectivity index (χ3v) is 3.41. The molecule has 3 heterocycles. The smallest absolute Gasteiger partial charge is 0.254 e. The maximum atomic E-state index is 11.6. The highest BCUT2D eigenvalue weighted by Gasteiger charge is 2.12. The Morgan fingerprint density at radius 2 is 2.16 bits per heavy atom. The minimum atomic E-state index is -0.590. The molecule has 0 aliphatic carbocycles. The highest BCUT2D eigenvalue weighted by molar-refractivity contribution is 5.97. The van der Waals surface area contributed by atoms with Crippen LogP contribution in [0.1, 0.15) is 16.1 Å². The van der Waals surface area contributed by atoms with Crippen LogP contribution in [0.2, 0.25) is 0 Å². The summed E-state index contributed by atoms with van der Waals surface area (Å²) in [6.07, 6.45) is 7.27. The van der Waals surface area contributed by atoms with Gasteiger partial charge < -0.3 is 16.4 Å². The van der Waals surface area contributed by atoms with Crippen molar-refractivity contribution in [1.29, 1.82) is 0 Å². The number of carbonyl (C=O) groups excluding carboxylic acids is 1. The summed E-state index contributed by atoms with van der Waals surface area (Å²) in [6.45, 7) is 0.556. The second kappa shape index (κ2) is 7.39. The summed E-state index contributed by atoms with van der Waals surface area (Å²) in [7, 11) is 1.81. The number of carbonyl (C=O) groups is 1. The van der Waals surface area contributed by atoms with Crippen molar-refractivity contribution in [3.05, 3.63) is 54.2 Å². The average Bonchev–Trinajstić information content (AvgIpc) is 3.01. The molecule has 1 amide bonds. The Kier molecular flexibility index (Phi) is 4.84. The zero-order valence-corrected chi connectivity index (χ0v) is 13.7. The number of pyridine rings is 1. The summed E-state index contributed by atoms with van der Waals surface area (Å²) < 4.78 is 1.66. The summed E-state index contributed by atoms with van der Waals surface area (Å²) in [5.41, 5.74) is 7.32.